The van der Waals surface area contributed by atoms with Crippen LogP contribution in [0.2, 0.25) is 10.0 Å². The van der Waals surface area contributed by atoms with E-state index in [0.29, 0.717) is 0 Å². The normalized spacial score (nSPS) is 10.3. The summed E-state index contributed by atoms with van der Waals surface area (Å²) in [5.74, 6) is 0. The summed E-state index contributed by atoms with van der Waals surface area (Å²) in [6, 6.07) is 13.5. The van der Waals surface area contributed by atoms with Crippen molar-refractivity contribution in [1.82, 2.24) is 0 Å². The summed E-state index contributed by atoms with van der Waals surface area (Å²) in [6.45, 7) is 0. The minimum atomic E-state index is 0.721. The van der Waals surface area contributed by atoms with Gasteiger partial charge in [-0.2, -0.15) is 0 Å². The Bertz CT molecular complexity index is 529. The fourth-order valence-corrected chi connectivity index (χ4v) is 2.94. The maximum absolute atomic E-state index is 6.14. The molecule has 0 amide bonds. The average molecular weight is 284 g/mol. The van der Waals surface area contributed by atoms with Crippen molar-refractivity contribution in [3.05, 3.63) is 52.5 Å². The van der Waals surface area contributed by atoms with E-state index in [9.17, 15) is 0 Å². The summed E-state index contributed by atoms with van der Waals surface area (Å²) in [5.41, 5.74) is 1.04. The van der Waals surface area contributed by atoms with Gasteiger partial charge in [0.2, 0.25) is 0 Å². The van der Waals surface area contributed by atoms with E-state index in [2.05, 4.69) is 5.32 Å². The fourth-order valence-electron chi connectivity index (χ4n) is 1.43. The first-order chi connectivity index (χ1) is 8.20. The molecule has 2 aromatic carbocycles. The zero-order valence-electron chi connectivity index (χ0n) is 9.21. The Labute approximate surface area is 115 Å². The highest BCUT2D eigenvalue weighted by Gasteiger charge is 2.06. The molecule has 2 rings (SSSR count). The van der Waals surface area contributed by atoms with E-state index >= 15 is 0 Å². The number of rotatable bonds is 3. The van der Waals surface area contributed by atoms with Crippen LogP contribution in [0.15, 0.2) is 52.3 Å². The lowest BCUT2D eigenvalue weighted by molar-refractivity contribution is 1.36. The molecule has 0 heterocycles. The number of nitrogens with one attached hydrogen (secondary N) is 1. The SMILES string of the molecule is CNc1ccc(Cl)cc1Sc1ccccc1Cl. The second kappa shape index (κ2) is 5.67. The smallest absolute Gasteiger partial charge is 0.0545 e. The minimum absolute atomic E-state index is 0.721. The van der Waals surface area contributed by atoms with E-state index in [1.54, 1.807) is 11.8 Å². The highest BCUT2D eigenvalue weighted by Crippen LogP contribution is 2.38. The molecule has 88 valence electrons. The molecule has 4 heteroatoms. The van der Waals surface area contributed by atoms with E-state index in [0.717, 1.165) is 25.5 Å². The van der Waals surface area contributed by atoms with E-state index < -0.39 is 0 Å². The Morgan fingerprint density at radius 2 is 1.76 bits per heavy atom. The van der Waals surface area contributed by atoms with Gasteiger partial charge < -0.3 is 5.32 Å². The van der Waals surface area contributed by atoms with Gasteiger partial charge in [-0.25, -0.2) is 0 Å². The Balaban J connectivity index is 2.35. The van der Waals surface area contributed by atoms with Crippen LogP contribution in [-0.4, -0.2) is 7.05 Å². The predicted molar refractivity (Wildman–Crippen MR) is 76.6 cm³/mol. The summed E-state index contributed by atoms with van der Waals surface area (Å²) < 4.78 is 0. The average Bonchev–Trinajstić information content (AvgIpc) is 2.32. The van der Waals surface area contributed by atoms with Gasteiger partial charge in [0.05, 0.1) is 5.02 Å². The van der Waals surface area contributed by atoms with Crippen LogP contribution in [0.3, 0.4) is 0 Å². The molecule has 0 spiro atoms. The van der Waals surface area contributed by atoms with Crippen molar-refractivity contribution in [3.8, 4) is 0 Å². The molecule has 0 aliphatic carbocycles. The number of anilines is 1. The first-order valence-corrected chi connectivity index (χ1v) is 6.67. The Kier molecular flexibility index (Phi) is 4.21. The molecule has 0 atom stereocenters. The van der Waals surface area contributed by atoms with E-state index in [-0.39, 0.29) is 0 Å². The van der Waals surface area contributed by atoms with Gasteiger partial charge in [0, 0.05) is 27.5 Å². The molecular formula is C13H11Cl2NS. The van der Waals surface area contributed by atoms with Crippen molar-refractivity contribution in [1.29, 1.82) is 0 Å². The minimum Gasteiger partial charge on any atom is -0.387 e. The third-order valence-electron chi connectivity index (χ3n) is 2.27. The first-order valence-electron chi connectivity index (χ1n) is 5.10. The molecule has 0 unspecified atom stereocenters. The van der Waals surface area contributed by atoms with E-state index in [1.165, 1.54) is 0 Å². The maximum Gasteiger partial charge on any atom is 0.0545 e. The van der Waals surface area contributed by atoms with Crippen molar-refractivity contribution >= 4 is 40.7 Å². The summed E-state index contributed by atoms with van der Waals surface area (Å²) in [5, 5.41) is 4.61. The summed E-state index contributed by atoms with van der Waals surface area (Å²) in [6.07, 6.45) is 0. The molecule has 1 N–H and O–H groups in total. The van der Waals surface area contributed by atoms with Crippen LogP contribution in [0.25, 0.3) is 0 Å². The lowest BCUT2D eigenvalue weighted by Crippen LogP contribution is -1.90. The molecule has 0 saturated heterocycles. The molecule has 0 saturated carbocycles. The Morgan fingerprint density at radius 3 is 2.47 bits per heavy atom. The van der Waals surface area contributed by atoms with Crippen molar-refractivity contribution in [3.63, 3.8) is 0 Å². The molecule has 0 radical (unpaired) electrons. The monoisotopic (exact) mass is 283 g/mol. The number of hydrogen-bond acceptors (Lipinski definition) is 2. The number of hydrogen-bond donors (Lipinski definition) is 1. The third kappa shape index (κ3) is 3.09. The Morgan fingerprint density at radius 1 is 1.00 bits per heavy atom. The molecule has 0 aliphatic rings. The maximum atomic E-state index is 6.14. The van der Waals surface area contributed by atoms with Crippen molar-refractivity contribution in [2.75, 3.05) is 12.4 Å². The van der Waals surface area contributed by atoms with Gasteiger partial charge in [0.15, 0.2) is 0 Å². The van der Waals surface area contributed by atoms with Crippen LogP contribution in [0.1, 0.15) is 0 Å². The van der Waals surface area contributed by atoms with Crippen molar-refractivity contribution in [2.45, 2.75) is 9.79 Å². The zero-order valence-corrected chi connectivity index (χ0v) is 11.5. The topological polar surface area (TPSA) is 12.0 Å². The van der Waals surface area contributed by atoms with Crippen LogP contribution in [-0.2, 0) is 0 Å². The van der Waals surface area contributed by atoms with Gasteiger partial charge >= 0.3 is 0 Å². The van der Waals surface area contributed by atoms with Crippen LogP contribution in [0.5, 0.6) is 0 Å². The number of halogens is 2. The van der Waals surface area contributed by atoms with Gasteiger partial charge in [-0.15, -0.1) is 0 Å². The second-order valence-electron chi connectivity index (χ2n) is 3.42. The van der Waals surface area contributed by atoms with Crippen LogP contribution < -0.4 is 5.32 Å². The first kappa shape index (κ1) is 12.6. The van der Waals surface area contributed by atoms with Crippen molar-refractivity contribution < 1.29 is 0 Å². The van der Waals surface area contributed by atoms with Gasteiger partial charge in [0.1, 0.15) is 0 Å². The zero-order chi connectivity index (χ0) is 12.3. The molecule has 0 aliphatic heterocycles. The molecule has 1 nitrogen and oxygen atoms in total. The van der Waals surface area contributed by atoms with Gasteiger partial charge in [-0.1, -0.05) is 47.1 Å². The molecule has 0 fully saturated rings. The second-order valence-corrected chi connectivity index (χ2v) is 5.35. The van der Waals surface area contributed by atoms with E-state index in [1.807, 2.05) is 49.5 Å². The molecule has 17 heavy (non-hydrogen) atoms. The summed E-state index contributed by atoms with van der Waals surface area (Å²) >= 11 is 13.7. The van der Waals surface area contributed by atoms with Gasteiger partial charge in [-0.3, -0.25) is 0 Å². The van der Waals surface area contributed by atoms with Crippen molar-refractivity contribution in [2.24, 2.45) is 0 Å². The van der Waals surface area contributed by atoms with Gasteiger partial charge in [-0.05, 0) is 30.3 Å². The van der Waals surface area contributed by atoms with E-state index in [4.69, 9.17) is 23.2 Å². The quantitative estimate of drug-likeness (QED) is 0.832. The standard InChI is InChI=1S/C13H11Cl2NS/c1-16-11-7-6-9(14)8-13(11)17-12-5-3-2-4-10(12)15/h2-8,16H,1H3. The summed E-state index contributed by atoms with van der Waals surface area (Å²) in [4.78, 5) is 2.08. The lowest BCUT2D eigenvalue weighted by Gasteiger charge is -2.10. The number of benzene rings is 2. The lowest BCUT2D eigenvalue weighted by atomic mass is 10.3. The molecule has 2 aromatic rings. The van der Waals surface area contributed by atoms with Gasteiger partial charge in [0.25, 0.3) is 0 Å². The van der Waals surface area contributed by atoms with Crippen LogP contribution >= 0.6 is 35.0 Å². The summed E-state index contributed by atoms with van der Waals surface area (Å²) in [7, 11) is 1.89. The predicted octanol–water partition coefficient (Wildman–Crippen LogP) is 5.19. The highest BCUT2D eigenvalue weighted by atomic mass is 35.5. The molecule has 0 aromatic heterocycles. The Hall–Kier alpha value is -0.830. The van der Waals surface area contributed by atoms with Crippen LogP contribution in [0, 0.1) is 0 Å². The molecule has 0 bridgehead atoms. The highest BCUT2D eigenvalue weighted by molar-refractivity contribution is 7.99. The third-order valence-corrected chi connectivity index (χ3v) is 4.08. The fraction of sp³-hybridized carbons (Fsp3) is 0.0769. The van der Waals surface area contributed by atoms with Crippen LogP contribution in [0.4, 0.5) is 5.69 Å². The largest absolute Gasteiger partial charge is 0.387 e. The molecular weight excluding hydrogens is 273 g/mol.